The van der Waals surface area contributed by atoms with Crippen molar-refractivity contribution >= 4 is 56.9 Å². The molecule has 0 aliphatic rings. The number of hydrogen-bond donors (Lipinski definition) is 1. The van der Waals surface area contributed by atoms with Gasteiger partial charge in [-0.15, -0.1) is 0 Å². The molecule has 0 radical (unpaired) electrons. The second-order valence-electron chi connectivity index (χ2n) is 8.34. The van der Waals surface area contributed by atoms with E-state index in [-0.39, 0.29) is 18.0 Å². The van der Waals surface area contributed by atoms with Crippen molar-refractivity contribution in [2.45, 2.75) is 24.9 Å². The van der Waals surface area contributed by atoms with Gasteiger partial charge in [-0.25, -0.2) is 13.8 Å². The van der Waals surface area contributed by atoms with E-state index in [0.717, 1.165) is 5.56 Å². The number of nitrogens with one attached hydrogen (secondary N) is 1. The lowest BCUT2D eigenvalue weighted by atomic mass is 10.2. The highest BCUT2D eigenvalue weighted by Gasteiger charge is 2.26. The van der Waals surface area contributed by atoms with Gasteiger partial charge in [0.25, 0.3) is 5.91 Å². The van der Waals surface area contributed by atoms with Crippen LogP contribution in [0.2, 0.25) is 15.1 Å². The third-order valence-corrected chi connectivity index (χ3v) is 8.28. The molecule has 0 saturated heterocycles. The Morgan fingerprint density at radius 2 is 1.63 bits per heavy atom. The van der Waals surface area contributed by atoms with E-state index in [1.165, 1.54) is 10.5 Å². The Morgan fingerprint density at radius 3 is 2.32 bits per heavy atom. The van der Waals surface area contributed by atoms with Crippen LogP contribution in [0, 0.1) is 6.92 Å². The summed E-state index contributed by atoms with van der Waals surface area (Å²) in [5, 5.41) is 5.14. The molecule has 1 aromatic heterocycles. The van der Waals surface area contributed by atoms with Crippen molar-refractivity contribution in [3.8, 4) is 0 Å². The topological polar surface area (TPSA) is 92.0 Å². The number of hydrazone groups is 1. The second kappa shape index (κ2) is 12.1. The lowest BCUT2D eigenvalue weighted by molar-refractivity contribution is 0.0955. The number of amides is 1. The van der Waals surface area contributed by atoms with Crippen molar-refractivity contribution in [1.82, 2.24) is 9.73 Å². The van der Waals surface area contributed by atoms with Gasteiger partial charge in [0.2, 0.25) is 10.0 Å². The molecular weight excluding hydrogens is 569 g/mol. The number of carbonyl (C=O) groups is 1. The molecule has 1 N–H and O–H groups in total. The summed E-state index contributed by atoms with van der Waals surface area (Å²) in [7, 11) is -3.89. The average molecular weight is 591 g/mol. The molecule has 0 fully saturated rings. The SMILES string of the molecule is Cc1ccc(S(=O)(=O)N(Cc2ccc(Cl)c(Cl)c2)Cc2ccc(/C=N\NC(=O)c3ccc(Cl)cc3)o2)cc1. The van der Waals surface area contributed by atoms with Crippen LogP contribution in [0.15, 0.2) is 93.3 Å². The third-order valence-electron chi connectivity index (χ3n) is 5.48. The number of benzene rings is 3. The minimum Gasteiger partial charge on any atom is -0.459 e. The van der Waals surface area contributed by atoms with Crippen LogP contribution in [0.5, 0.6) is 0 Å². The maximum Gasteiger partial charge on any atom is 0.271 e. The first-order valence-electron chi connectivity index (χ1n) is 11.3. The van der Waals surface area contributed by atoms with Crippen LogP contribution >= 0.6 is 34.8 Å². The Labute approximate surface area is 235 Å². The van der Waals surface area contributed by atoms with Crippen molar-refractivity contribution in [2.75, 3.05) is 0 Å². The quantitative estimate of drug-likeness (QED) is 0.173. The van der Waals surface area contributed by atoms with E-state index in [0.29, 0.717) is 37.7 Å². The molecule has 0 aliphatic heterocycles. The molecule has 38 heavy (non-hydrogen) atoms. The van der Waals surface area contributed by atoms with Gasteiger partial charge in [-0.2, -0.15) is 9.41 Å². The molecule has 1 amide bonds. The molecule has 4 rings (SSSR count). The number of rotatable bonds is 9. The summed E-state index contributed by atoms with van der Waals surface area (Å²) in [5.41, 5.74) is 4.41. The van der Waals surface area contributed by atoms with Crippen LogP contribution in [-0.2, 0) is 23.1 Å². The van der Waals surface area contributed by atoms with Gasteiger partial charge in [-0.1, -0.05) is 58.6 Å². The van der Waals surface area contributed by atoms with Gasteiger partial charge in [0.15, 0.2) is 0 Å². The first-order valence-corrected chi connectivity index (χ1v) is 13.9. The molecule has 1 heterocycles. The minimum absolute atomic E-state index is 0.0361. The van der Waals surface area contributed by atoms with Crippen molar-refractivity contribution in [1.29, 1.82) is 0 Å². The molecule has 0 unspecified atom stereocenters. The van der Waals surface area contributed by atoms with Gasteiger partial charge >= 0.3 is 0 Å². The van der Waals surface area contributed by atoms with Crippen molar-refractivity contribution in [3.05, 3.63) is 122 Å². The van der Waals surface area contributed by atoms with Crippen LogP contribution in [0.25, 0.3) is 0 Å². The Morgan fingerprint density at radius 1 is 0.921 bits per heavy atom. The maximum atomic E-state index is 13.6. The zero-order valence-corrected chi connectivity index (χ0v) is 23.2. The van der Waals surface area contributed by atoms with E-state index in [4.69, 9.17) is 39.2 Å². The molecule has 4 aromatic rings. The fourth-order valence-corrected chi connectivity index (χ4v) is 5.31. The number of carbonyl (C=O) groups excluding carboxylic acids is 1. The normalized spacial score (nSPS) is 11.8. The number of sulfonamides is 1. The van der Waals surface area contributed by atoms with E-state index in [1.807, 2.05) is 6.92 Å². The average Bonchev–Trinajstić information content (AvgIpc) is 3.33. The third kappa shape index (κ3) is 7.03. The molecule has 0 saturated carbocycles. The molecule has 0 aliphatic carbocycles. The van der Waals surface area contributed by atoms with Gasteiger partial charge in [-0.05, 0) is 73.2 Å². The lowest BCUT2D eigenvalue weighted by Gasteiger charge is -2.22. The fraction of sp³-hybridized carbons (Fsp3) is 0.111. The van der Waals surface area contributed by atoms with E-state index >= 15 is 0 Å². The van der Waals surface area contributed by atoms with Crippen LogP contribution in [0.4, 0.5) is 0 Å². The Balaban J connectivity index is 1.52. The molecule has 11 heteroatoms. The van der Waals surface area contributed by atoms with Crippen molar-refractivity contribution < 1.29 is 17.6 Å². The summed E-state index contributed by atoms with van der Waals surface area (Å²) in [6.45, 7) is 1.86. The number of hydrogen-bond acceptors (Lipinski definition) is 5. The molecule has 7 nitrogen and oxygen atoms in total. The molecular formula is C27H22Cl3N3O4S. The number of nitrogens with zero attached hydrogens (tertiary/aromatic N) is 2. The van der Waals surface area contributed by atoms with Gasteiger partial charge in [0.05, 0.1) is 27.7 Å². The minimum atomic E-state index is -3.89. The highest BCUT2D eigenvalue weighted by Crippen LogP contribution is 2.26. The molecule has 3 aromatic carbocycles. The molecule has 196 valence electrons. The highest BCUT2D eigenvalue weighted by molar-refractivity contribution is 7.89. The zero-order chi connectivity index (χ0) is 27.3. The second-order valence-corrected chi connectivity index (χ2v) is 11.5. The maximum absolute atomic E-state index is 13.6. The van der Waals surface area contributed by atoms with E-state index < -0.39 is 15.9 Å². The van der Waals surface area contributed by atoms with E-state index in [1.54, 1.807) is 78.9 Å². The predicted molar refractivity (Wildman–Crippen MR) is 149 cm³/mol. The van der Waals surface area contributed by atoms with Crippen molar-refractivity contribution in [2.24, 2.45) is 5.10 Å². The standard InChI is InChI=1S/C27H22Cl3N3O4S/c1-18-2-11-24(12-3-18)38(35,36)33(16-19-4-13-25(29)26(30)14-19)17-23-10-9-22(37-23)15-31-32-27(34)20-5-7-21(28)8-6-20/h2-15H,16-17H2,1H3,(H,32,34)/b31-15-. The van der Waals surface area contributed by atoms with Gasteiger partial charge < -0.3 is 4.42 Å². The van der Waals surface area contributed by atoms with Crippen molar-refractivity contribution in [3.63, 3.8) is 0 Å². The Kier molecular flexibility index (Phi) is 8.91. The van der Waals surface area contributed by atoms with Crippen LogP contribution in [0.1, 0.15) is 33.0 Å². The van der Waals surface area contributed by atoms with Crippen LogP contribution in [-0.4, -0.2) is 24.8 Å². The number of halogens is 3. The van der Waals surface area contributed by atoms with Crippen LogP contribution < -0.4 is 5.43 Å². The monoisotopic (exact) mass is 589 g/mol. The Bertz CT molecular complexity index is 1570. The first kappa shape index (κ1) is 27.9. The Hall–Kier alpha value is -3.14. The smallest absolute Gasteiger partial charge is 0.271 e. The lowest BCUT2D eigenvalue weighted by Crippen LogP contribution is -2.30. The largest absolute Gasteiger partial charge is 0.459 e. The zero-order valence-electron chi connectivity index (χ0n) is 20.1. The summed E-state index contributed by atoms with van der Waals surface area (Å²) in [4.78, 5) is 12.3. The van der Waals surface area contributed by atoms with Gasteiger partial charge in [0.1, 0.15) is 11.5 Å². The summed E-state index contributed by atoms with van der Waals surface area (Å²) >= 11 is 18.0. The van der Waals surface area contributed by atoms with E-state index in [2.05, 4.69) is 10.5 Å². The predicted octanol–water partition coefficient (Wildman–Crippen LogP) is 6.70. The molecule has 0 spiro atoms. The van der Waals surface area contributed by atoms with Crippen LogP contribution in [0.3, 0.4) is 0 Å². The number of aryl methyl sites for hydroxylation is 1. The van der Waals surface area contributed by atoms with Gasteiger partial charge in [0, 0.05) is 17.1 Å². The summed E-state index contributed by atoms with van der Waals surface area (Å²) in [6.07, 6.45) is 1.33. The van der Waals surface area contributed by atoms with E-state index in [9.17, 15) is 13.2 Å². The molecule has 0 atom stereocenters. The molecule has 0 bridgehead atoms. The first-order chi connectivity index (χ1) is 18.1. The fourth-order valence-electron chi connectivity index (χ4n) is 3.47. The summed E-state index contributed by atoms with van der Waals surface area (Å²) < 4.78 is 34.2. The highest BCUT2D eigenvalue weighted by atomic mass is 35.5. The van der Waals surface area contributed by atoms with Gasteiger partial charge in [-0.3, -0.25) is 4.79 Å². The number of furan rings is 1. The summed E-state index contributed by atoms with van der Waals surface area (Å²) in [5.74, 6) is 0.298. The summed E-state index contributed by atoms with van der Waals surface area (Å²) in [6, 6.07) is 21.2.